The van der Waals surface area contributed by atoms with Crippen molar-refractivity contribution < 1.29 is 4.39 Å². The van der Waals surface area contributed by atoms with E-state index in [1.54, 1.807) is 12.1 Å². The Labute approximate surface area is 105 Å². The minimum atomic E-state index is -0.197. The normalized spacial score (nSPS) is 11.6. The van der Waals surface area contributed by atoms with Gasteiger partial charge >= 0.3 is 0 Å². The Morgan fingerprint density at radius 3 is 2.62 bits per heavy atom. The molecule has 0 bridgehead atoms. The van der Waals surface area contributed by atoms with Crippen molar-refractivity contribution in [3.05, 3.63) is 28.5 Å². The first-order valence-corrected chi connectivity index (χ1v) is 6.00. The molecule has 90 valence electrons. The fourth-order valence-electron chi connectivity index (χ4n) is 1.54. The van der Waals surface area contributed by atoms with Crippen molar-refractivity contribution in [2.45, 2.75) is 19.4 Å². The molecular formula is C12H18BrFN2. The van der Waals surface area contributed by atoms with Crippen molar-refractivity contribution in [3.8, 4) is 0 Å². The van der Waals surface area contributed by atoms with E-state index >= 15 is 0 Å². The molecule has 1 rings (SSSR count). The van der Waals surface area contributed by atoms with Crippen LogP contribution in [0.3, 0.4) is 0 Å². The van der Waals surface area contributed by atoms with Gasteiger partial charge in [-0.2, -0.15) is 0 Å². The summed E-state index contributed by atoms with van der Waals surface area (Å²) in [5.74, 6) is -0.197. The minimum Gasteiger partial charge on any atom is -0.370 e. The van der Waals surface area contributed by atoms with Gasteiger partial charge in [0.15, 0.2) is 0 Å². The fraction of sp³-hybridized carbons (Fsp3) is 0.500. The van der Waals surface area contributed by atoms with Crippen LogP contribution in [-0.2, 0) is 0 Å². The summed E-state index contributed by atoms with van der Waals surface area (Å²) in [6.07, 6.45) is 0. The molecule has 0 aliphatic carbocycles. The van der Waals surface area contributed by atoms with E-state index in [2.05, 4.69) is 35.1 Å². The van der Waals surface area contributed by atoms with Gasteiger partial charge in [-0.3, -0.25) is 0 Å². The van der Waals surface area contributed by atoms with Crippen LogP contribution in [0.5, 0.6) is 0 Å². The van der Waals surface area contributed by atoms with E-state index in [4.69, 9.17) is 0 Å². The number of benzene rings is 1. The Morgan fingerprint density at radius 2 is 2.06 bits per heavy atom. The summed E-state index contributed by atoms with van der Waals surface area (Å²) >= 11 is 3.35. The Kier molecular flexibility index (Phi) is 4.33. The number of nitrogens with zero attached hydrogens (tertiary/aromatic N) is 1. The molecule has 1 aromatic rings. The van der Waals surface area contributed by atoms with Crippen molar-refractivity contribution in [2.75, 3.05) is 25.5 Å². The number of halogens is 2. The van der Waals surface area contributed by atoms with Crippen LogP contribution < -0.4 is 10.2 Å². The van der Waals surface area contributed by atoms with Crippen LogP contribution in [-0.4, -0.2) is 26.2 Å². The zero-order valence-electron chi connectivity index (χ0n) is 10.1. The molecule has 2 nitrogen and oxygen atoms in total. The molecule has 0 aromatic heterocycles. The number of nitrogens with one attached hydrogen (secondary N) is 1. The first-order valence-electron chi connectivity index (χ1n) is 5.21. The van der Waals surface area contributed by atoms with Crippen molar-refractivity contribution in [1.82, 2.24) is 5.32 Å². The van der Waals surface area contributed by atoms with Crippen LogP contribution in [0.15, 0.2) is 22.7 Å². The summed E-state index contributed by atoms with van der Waals surface area (Å²) < 4.78 is 14.5. The van der Waals surface area contributed by atoms with Gasteiger partial charge in [0.25, 0.3) is 0 Å². The third-order valence-electron chi connectivity index (χ3n) is 2.63. The van der Waals surface area contributed by atoms with E-state index in [1.807, 2.05) is 19.0 Å². The van der Waals surface area contributed by atoms with E-state index in [9.17, 15) is 4.39 Å². The van der Waals surface area contributed by atoms with Crippen LogP contribution in [0.1, 0.15) is 13.8 Å². The molecule has 0 atom stereocenters. The number of hydrogen-bond acceptors (Lipinski definition) is 2. The predicted octanol–water partition coefficient (Wildman–Crippen LogP) is 3.02. The van der Waals surface area contributed by atoms with Crippen LogP contribution in [0.4, 0.5) is 10.1 Å². The largest absolute Gasteiger partial charge is 0.370 e. The van der Waals surface area contributed by atoms with Crippen LogP contribution in [0.25, 0.3) is 0 Å². The summed E-state index contributed by atoms with van der Waals surface area (Å²) in [4.78, 5) is 1.91. The highest BCUT2D eigenvalue weighted by Gasteiger charge is 2.19. The third kappa shape index (κ3) is 3.46. The highest BCUT2D eigenvalue weighted by Crippen LogP contribution is 2.24. The van der Waals surface area contributed by atoms with Crippen molar-refractivity contribution in [1.29, 1.82) is 0 Å². The Morgan fingerprint density at radius 1 is 1.44 bits per heavy atom. The van der Waals surface area contributed by atoms with Gasteiger partial charge in [-0.1, -0.05) is 15.9 Å². The second-order valence-electron chi connectivity index (χ2n) is 4.59. The lowest BCUT2D eigenvalue weighted by Gasteiger charge is -2.31. The number of hydrogen-bond donors (Lipinski definition) is 1. The molecule has 0 heterocycles. The molecule has 0 saturated carbocycles. The maximum absolute atomic E-state index is 13.6. The van der Waals surface area contributed by atoms with Crippen LogP contribution in [0.2, 0.25) is 0 Å². The average Bonchev–Trinajstić information content (AvgIpc) is 2.21. The summed E-state index contributed by atoms with van der Waals surface area (Å²) in [5, 5.41) is 3.20. The number of rotatable bonds is 4. The SMILES string of the molecule is CNC(C)(C)CN(C)c1cc(Br)ccc1F. The van der Waals surface area contributed by atoms with Gasteiger partial charge < -0.3 is 10.2 Å². The molecule has 0 radical (unpaired) electrons. The maximum atomic E-state index is 13.6. The van der Waals surface area contributed by atoms with Gasteiger partial charge in [-0.05, 0) is 39.1 Å². The lowest BCUT2D eigenvalue weighted by atomic mass is 10.1. The topological polar surface area (TPSA) is 15.3 Å². The molecule has 0 unspecified atom stereocenters. The zero-order valence-corrected chi connectivity index (χ0v) is 11.7. The van der Waals surface area contributed by atoms with Crippen LogP contribution >= 0.6 is 15.9 Å². The van der Waals surface area contributed by atoms with Crippen LogP contribution in [0, 0.1) is 5.82 Å². The first kappa shape index (κ1) is 13.5. The minimum absolute atomic E-state index is 0.0521. The second-order valence-corrected chi connectivity index (χ2v) is 5.50. The average molecular weight is 289 g/mol. The van der Waals surface area contributed by atoms with Crippen molar-refractivity contribution >= 4 is 21.6 Å². The van der Waals surface area contributed by atoms with Gasteiger partial charge in [-0.25, -0.2) is 4.39 Å². The molecule has 0 spiro atoms. The fourth-order valence-corrected chi connectivity index (χ4v) is 1.88. The third-order valence-corrected chi connectivity index (χ3v) is 3.12. The molecular weight excluding hydrogens is 271 g/mol. The first-order chi connectivity index (χ1) is 7.35. The summed E-state index contributed by atoms with van der Waals surface area (Å²) in [6, 6.07) is 4.97. The molecule has 0 saturated heterocycles. The molecule has 16 heavy (non-hydrogen) atoms. The highest BCUT2D eigenvalue weighted by molar-refractivity contribution is 9.10. The Hall–Kier alpha value is -0.610. The van der Waals surface area contributed by atoms with E-state index in [0.29, 0.717) is 5.69 Å². The van der Waals surface area contributed by atoms with Gasteiger partial charge in [-0.15, -0.1) is 0 Å². The van der Waals surface area contributed by atoms with Crippen molar-refractivity contribution in [2.24, 2.45) is 0 Å². The number of likely N-dealkylation sites (N-methyl/N-ethyl adjacent to an activating group) is 2. The van der Waals surface area contributed by atoms with E-state index in [1.165, 1.54) is 6.07 Å². The molecule has 1 aromatic carbocycles. The van der Waals surface area contributed by atoms with Gasteiger partial charge in [0.2, 0.25) is 0 Å². The van der Waals surface area contributed by atoms with Gasteiger partial charge in [0.05, 0.1) is 5.69 Å². The van der Waals surface area contributed by atoms with Crippen molar-refractivity contribution in [3.63, 3.8) is 0 Å². The smallest absolute Gasteiger partial charge is 0.146 e. The maximum Gasteiger partial charge on any atom is 0.146 e. The van der Waals surface area contributed by atoms with Gasteiger partial charge in [0.1, 0.15) is 5.82 Å². The molecule has 0 aliphatic rings. The highest BCUT2D eigenvalue weighted by atomic mass is 79.9. The second kappa shape index (κ2) is 5.15. The van der Waals surface area contributed by atoms with E-state index < -0.39 is 0 Å². The Balaban J connectivity index is 2.88. The Bertz CT molecular complexity index is 366. The van der Waals surface area contributed by atoms with E-state index in [-0.39, 0.29) is 11.4 Å². The lowest BCUT2D eigenvalue weighted by Crippen LogP contribution is -2.46. The lowest BCUT2D eigenvalue weighted by molar-refractivity contribution is 0.426. The molecule has 4 heteroatoms. The summed E-state index contributed by atoms with van der Waals surface area (Å²) in [7, 11) is 3.80. The predicted molar refractivity (Wildman–Crippen MR) is 70.5 cm³/mol. The monoisotopic (exact) mass is 288 g/mol. The van der Waals surface area contributed by atoms with Gasteiger partial charge in [0, 0.05) is 23.6 Å². The standard InChI is InChI=1S/C12H18BrFN2/c1-12(2,15-3)8-16(4)11-7-9(13)5-6-10(11)14/h5-7,15H,8H2,1-4H3. The zero-order chi connectivity index (χ0) is 12.3. The molecule has 1 N–H and O–H groups in total. The molecule has 0 amide bonds. The van der Waals surface area contributed by atoms with E-state index in [0.717, 1.165) is 11.0 Å². The summed E-state index contributed by atoms with van der Waals surface area (Å²) in [6.45, 7) is 4.90. The molecule has 0 fully saturated rings. The number of anilines is 1. The molecule has 0 aliphatic heterocycles. The quantitative estimate of drug-likeness (QED) is 0.916. The summed E-state index contributed by atoms with van der Waals surface area (Å²) in [5.41, 5.74) is 0.557.